The Morgan fingerprint density at radius 1 is 1.04 bits per heavy atom. The number of ether oxygens (including phenoxy) is 1. The smallest absolute Gasteiger partial charge is 0.200 e. The summed E-state index contributed by atoms with van der Waals surface area (Å²) >= 11 is 0. The molecule has 1 nitrogen and oxygen atoms in total. The Labute approximate surface area is 161 Å². The second-order valence-electron chi connectivity index (χ2n) is 7.95. The lowest BCUT2D eigenvalue weighted by Gasteiger charge is -2.33. The molecule has 7 atom stereocenters. The number of alkyl halides is 4. The van der Waals surface area contributed by atoms with Crippen LogP contribution < -0.4 is 4.74 Å². The van der Waals surface area contributed by atoms with Gasteiger partial charge in [-0.25, -0.2) is 22.0 Å². The third-order valence-corrected chi connectivity index (χ3v) is 6.40. The van der Waals surface area contributed by atoms with Crippen LogP contribution in [0.15, 0.2) is 12.1 Å². The number of rotatable bonds is 5. The summed E-state index contributed by atoms with van der Waals surface area (Å²) in [6, 6.07) is 2.30. The van der Waals surface area contributed by atoms with Crippen molar-refractivity contribution in [3.63, 3.8) is 0 Å². The van der Waals surface area contributed by atoms with Crippen LogP contribution >= 0.6 is 0 Å². The van der Waals surface area contributed by atoms with E-state index in [1.54, 1.807) is 6.92 Å². The molecule has 0 aromatic heterocycles. The summed E-state index contributed by atoms with van der Waals surface area (Å²) in [5, 5.41) is 0. The van der Waals surface area contributed by atoms with Crippen molar-refractivity contribution < 1.29 is 31.1 Å². The lowest BCUT2D eigenvalue weighted by atomic mass is 9.84. The SMILES string of the molecule is CCCC1CC2CCC(c3ccc(OCC)c(F)c3F)C(F)C(F)C2(F)C1F. The molecular weight excluding hydrogens is 382 g/mol. The average molecular weight is 408 g/mol. The molecule has 1 aromatic rings. The van der Waals surface area contributed by atoms with Crippen molar-refractivity contribution in [2.45, 2.75) is 76.1 Å². The highest BCUT2D eigenvalue weighted by molar-refractivity contribution is 5.34. The second-order valence-corrected chi connectivity index (χ2v) is 7.95. The van der Waals surface area contributed by atoms with E-state index in [0.717, 1.165) is 12.1 Å². The summed E-state index contributed by atoms with van der Waals surface area (Å²) < 4.78 is 93.9. The molecular formula is C21H26F6O. The molecule has 0 bridgehead atoms. The Bertz CT molecular complexity index is 698. The average Bonchev–Trinajstić information content (AvgIpc) is 2.87. The highest BCUT2D eigenvalue weighted by atomic mass is 19.2. The van der Waals surface area contributed by atoms with Crippen molar-refractivity contribution in [1.82, 2.24) is 0 Å². The van der Waals surface area contributed by atoms with Crippen LogP contribution in [0.2, 0.25) is 0 Å². The number of benzene rings is 1. The van der Waals surface area contributed by atoms with Crippen LogP contribution in [0.3, 0.4) is 0 Å². The van der Waals surface area contributed by atoms with Crippen LogP contribution in [-0.4, -0.2) is 30.8 Å². The predicted molar refractivity (Wildman–Crippen MR) is 94.5 cm³/mol. The van der Waals surface area contributed by atoms with Gasteiger partial charge in [-0.15, -0.1) is 0 Å². The van der Waals surface area contributed by atoms with E-state index in [0.29, 0.717) is 12.8 Å². The first-order chi connectivity index (χ1) is 13.3. The number of hydrogen-bond donors (Lipinski definition) is 0. The van der Waals surface area contributed by atoms with Gasteiger partial charge in [0, 0.05) is 5.92 Å². The fraction of sp³-hybridized carbons (Fsp3) is 0.714. The van der Waals surface area contributed by atoms with Gasteiger partial charge in [-0.3, -0.25) is 0 Å². The zero-order valence-electron chi connectivity index (χ0n) is 16.0. The van der Waals surface area contributed by atoms with Gasteiger partial charge in [-0.05, 0) is 56.1 Å². The minimum atomic E-state index is -2.92. The van der Waals surface area contributed by atoms with Crippen molar-refractivity contribution in [3.05, 3.63) is 29.3 Å². The van der Waals surface area contributed by atoms with Crippen molar-refractivity contribution in [1.29, 1.82) is 0 Å². The van der Waals surface area contributed by atoms with Crippen molar-refractivity contribution in [2.75, 3.05) is 6.61 Å². The summed E-state index contributed by atoms with van der Waals surface area (Å²) in [4.78, 5) is 0. The van der Waals surface area contributed by atoms with Gasteiger partial charge in [0.1, 0.15) is 12.3 Å². The maximum absolute atomic E-state index is 15.5. The molecule has 2 saturated carbocycles. The van der Waals surface area contributed by atoms with Gasteiger partial charge in [0.25, 0.3) is 0 Å². The van der Waals surface area contributed by atoms with Gasteiger partial charge in [0.15, 0.2) is 23.4 Å². The molecule has 0 amide bonds. The molecule has 2 aliphatic rings. The van der Waals surface area contributed by atoms with Crippen LogP contribution in [0.1, 0.15) is 57.4 Å². The van der Waals surface area contributed by atoms with E-state index in [4.69, 9.17) is 4.74 Å². The highest BCUT2D eigenvalue weighted by Crippen LogP contribution is 2.56. The summed E-state index contributed by atoms with van der Waals surface area (Å²) in [7, 11) is 0. The zero-order chi connectivity index (χ0) is 20.6. The first-order valence-corrected chi connectivity index (χ1v) is 9.99. The molecule has 0 heterocycles. The Kier molecular flexibility index (Phi) is 6.20. The maximum atomic E-state index is 15.5. The summed E-state index contributed by atoms with van der Waals surface area (Å²) in [6.45, 7) is 3.54. The van der Waals surface area contributed by atoms with Crippen LogP contribution in [0, 0.1) is 23.5 Å². The maximum Gasteiger partial charge on any atom is 0.200 e. The van der Waals surface area contributed by atoms with Gasteiger partial charge in [-0.1, -0.05) is 19.4 Å². The topological polar surface area (TPSA) is 9.23 Å². The second kappa shape index (κ2) is 8.15. The Balaban J connectivity index is 1.91. The largest absolute Gasteiger partial charge is 0.491 e. The van der Waals surface area contributed by atoms with E-state index in [1.165, 1.54) is 0 Å². The van der Waals surface area contributed by atoms with Crippen LogP contribution in [0.5, 0.6) is 5.75 Å². The molecule has 2 aliphatic carbocycles. The molecule has 0 radical (unpaired) electrons. The summed E-state index contributed by atoms with van der Waals surface area (Å²) in [6.07, 6.45) is -6.14. The van der Waals surface area contributed by atoms with Crippen LogP contribution in [0.4, 0.5) is 26.3 Å². The zero-order valence-corrected chi connectivity index (χ0v) is 16.0. The molecule has 0 aliphatic heterocycles. The molecule has 1 aromatic carbocycles. The first kappa shape index (κ1) is 21.3. The fourth-order valence-corrected chi connectivity index (χ4v) is 5.02. The van der Waals surface area contributed by atoms with Gasteiger partial charge in [-0.2, -0.15) is 4.39 Å². The molecule has 7 heteroatoms. The third kappa shape index (κ3) is 3.28. The predicted octanol–water partition coefficient (Wildman–Crippen LogP) is 6.40. The monoisotopic (exact) mass is 408 g/mol. The number of hydrogen-bond acceptors (Lipinski definition) is 1. The summed E-state index contributed by atoms with van der Waals surface area (Å²) in [5.41, 5.74) is -3.28. The van der Waals surface area contributed by atoms with E-state index in [9.17, 15) is 17.6 Å². The fourth-order valence-electron chi connectivity index (χ4n) is 5.02. The molecule has 158 valence electrons. The van der Waals surface area contributed by atoms with Crippen LogP contribution in [0.25, 0.3) is 0 Å². The third-order valence-electron chi connectivity index (χ3n) is 6.40. The van der Waals surface area contributed by atoms with Crippen molar-refractivity contribution in [3.8, 4) is 5.75 Å². The molecule has 0 saturated heterocycles. The first-order valence-electron chi connectivity index (χ1n) is 9.99. The van der Waals surface area contributed by atoms with E-state index in [2.05, 4.69) is 0 Å². The number of fused-ring (bicyclic) bond motifs is 1. The Morgan fingerprint density at radius 3 is 2.39 bits per heavy atom. The lowest BCUT2D eigenvalue weighted by molar-refractivity contribution is -0.0668. The quantitative estimate of drug-likeness (QED) is 0.512. The molecule has 2 fully saturated rings. The van der Waals surface area contributed by atoms with Gasteiger partial charge >= 0.3 is 0 Å². The lowest BCUT2D eigenvalue weighted by Crippen LogP contribution is -2.50. The van der Waals surface area contributed by atoms with Gasteiger partial charge in [0.05, 0.1) is 6.61 Å². The Hall–Kier alpha value is -1.40. The standard InChI is InChI=1S/C21H26F6O/c1-3-5-11-10-12-6-7-14(17(23)20(26)21(12,27)19(11)25)13-8-9-15(28-4-2)18(24)16(13)22/h8-9,11-12,14,17,19-20H,3-7,10H2,1-2H3. The van der Waals surface area contributed by atoms with Crippen molar-refractivity contribution in [2.24, 2.45) is 11.8 Å². The minimum Gasteiger partial charge on any atom is -0.491 e. The molecule has 7 unspecified atom stereocenters. The molecule has 0 spiro atoms. The molecule has 28 heavy (non-hydrogen) atoms. The van der Waals surface area contributed by atoms with Gasteiger partial charge in [0.2, 0.25) is 5.82 Å². The van der Waals surface area contributed by atoms with Gasteiger partial charge < -0.3 is 4.74 Å². The molecule has 3 rings (SSSR count). The normalized spacial score (nSPS) is 38.1. The van der Waals surface area contributed by atoms with E-state index in [-0.39, 0.29) is 37.2 Å². The highest BCUT2D eigenvalue weighted by Gasteiger charge is 2.65. The minimum absolute atomic E-state index is 0.0247. The summed E-state index contributed by atoms with van der Waals surface area (Å²) in [5.74, 6) is -5.92. The van der Waals surface area contributed by atoms with E-state index < -0.39 is 53.6 Å². The number of halogens is 6. The van der Waals surface area contributed by atoms with E-state index in [1.807, 2.05) is 6.92 Å². The van der Waals surface area contributed by atoms with Crippen molar-refractivity contribution >= 4 is 0 Å². The Morgan fingerprint density at radius 2 is 1.75 bits per heavy atom. The van der Waals surface area contributed by atoms with Crippen LogP contribution in [-0.2, 0) is 0 Å². The molecule has 0 N–H and O–H groups in total. The van der Waals surface area contributed by atoms with E-state index >= 15 is 8.78 Å².